The van der Waals surface area contributed by atoms with Crippen LogP contribution in [0.15, 0.2) is 18.2 Å². The molecule has 1 aliphatic rings. The van der Waals surface area contributed by atoms with Crippen molar-refractivity contribution in [3.63, 3.8) is 0 Å². The van der Waals surface area contributed by atoms with Crippen molar-refractivity contribution in [2.24, 2.45) is 5.92 Å². The van der Waals surface area contributed by atoms with Crippen LogP contribution in [0.5, 0.6) is 0 Å². The number of aryl methyl sites for hydroxylation is 1. The van der Waals surface area contributed by atoms with Gasteiger partial charge in [0.05, 0.1) is 6.10 Å². The molecule has 3 nitrogen and oxygen atoms in total. The summed E-state index contributed by atoms with van der Waals surface area (Å²) in [6.45, 7) is 0.657. The quantitative estimate of drug-likeness (QED) is 0.878. The normalized spacial score (nSPS) is 21.8. The molecule has 104 valence electrons. The molecule has 0 saturated heterocycles. The number of carbonyl (C=O) groups is 1. The molecular weight excluding hydrogens is 285 g/mol. The van der Waals surface area contributed by atoms with Gasteiger partial charge in [0.2, 0.25) is 5.91 Å². The fraction of sp³-hybridized carbons (Fsp3) is 0.500. The molecule has 1 aromatic carbocycles. The molecule has 0 heterocycles. The van der Waals surface area contributed by atoms with Crippen molar-refractivity contribution < 1.29 is 9.90 Å². The van der Waals surface area contributed by atoms with E-state index in [-0.39, 0.29) is 12.0 Å². The lowest BCUT2D eigenvalue weighted by Crippen LogP contribution is -2.38. The van der Waals surface area contributed by atoms with Crippen LogP contribution < -0.4 is 5.32 Å². The van der Waals surface area contributed by atoms with Crippen molar-refractivity contribution in [1.29, 1.82) is 0 Å². The Morgan fingerprint density at radius 1 is 1.37 bits per heavy atom. The number of hydrogen-bond donors (Lipinski definition) is 2. The summed E-state index contributed by atoms with van der Waals surface area (Å²) >= 11 is 11.9. The molecule has 0 spiro atoms. The minimum absolute atomic E-state index is 0.0207. The van der Waals surface area contributed by atoms with Gasteiger partial charge in [0, 0.05) is 23.0 Å². The first-order valence-corrected chi connectivity index (χ1v) is 7.19. The van der Waals surface area contributed by atoms with Crippen molar-refractivity contribution in [2.75, 3.05) is 6.54 Å². The van der Waals surface area contributed by atoms with Gasteiger partial charge in [-0.3, -0.25) is 4.79 Å². The number of hydrogen-bond acceptors (Lipinski definition) is 2. The first kappa shape index (κ1) is 14.6. The number of aliphatic hydroxyl groups is 1. The molecule has 1 fully saturated rings. The van der Waals surface area contributed by atoms with E-state index in [4.69, 9.17) is 28.3 Å². The number of benzene rings is 1. The summed E-state index contributed by atoms with van der Waals surface area (Å²) in [6.07, 6.45) is 2.44. The maximum Gasteiger partial charge on any atom is 0.220 e. The van der Waals surface area contributed by atoms with E-state index in [9.17, 15) is 4.79 Å². The van der Waals surface area contributed by atoms with Gasteiger partial charge in [-0.1, -0.05) is 29.3 Å². The van der Waals surface area contributed by atoms with Crippen molar-refractivity contribution in [2.45, 2.75) is 31.8 Å². The second-order valence-electron chi connectivity index (χ2n) is 5.03. The highest BCUT2D eigenvalue weighted by Gasteiger charge is 2.26. The van der Waals surface area contributed by atoms with Crippen molar-refractivity contribution >= 4 is 29.1 Å². The van der Waals surface area contributed by atoms with E-state index in [1.807, 2.05) is 6.07 Å². The van der Waals surface area contributed by atoms with Gasteiger partial charge in [-0.15, -0.1) is 0 Å². The monoisotopic (exact) mass is 301 g/mol. The molecular formula is C14H17Cl2NO2. The third kappa shape index (κ3) is 4.37. The number of aliphatic hydroxyl groups excluding tert-OH is 1. The zero-order valence-electron chi connectivity index (χ0n) is 10.5. The molecule has 0 radical (unpaired) electrons. The van der Waals surface area contributed by atoms with Gasteiger partial charge in [-0.25, -0.2) is 0 Å². The van der Waals surface area contributed by atoms with Crippen LogP contribution in [-0.2, 0) is 11.2 Å². The fourth-order valence-electron chi connectivity index (χ4n) is 2.19. The molecule has 0 bridgehead atoms. The SMILES string of the molecule is O=C(CCc1ccc(Cl)cc1Cl)NCC1CC(O)C1. The van der Waals surface area contributed by atoms with E-state index in [1.165, 1.54) is 0 Å². The number of rotatable bonds is 5. The lowest BCUT2D eigenvalue weighted by Gasteiger charge is -2.31. The first-order chi connectivity index (χ1) is 9.04. The Bertz CT molecular complexity index is 459. The maximum absolute atomic E-state index is 11.7. The number of nitrogens with one attached hydrogen (secondary N) is 1. The first-order valence-electron chi connectivity index (χ1n) is 6.43. The molecule has 19 heavy (non-hydrogen) atoms. The van der Waals surface area contributed by atoms with E-state index in [0.717, 1.165) is 18.4 Å². The van der Waals surface area contributed by atoms with Crippen LogP contribution >= 0.6 is 23.2 Å². The van der Waals surface area contributed by atoms with E-state index >= 15 is 0 Å². The Morgan fingerprint density at radius 2 is 2.11 bits per heavy atom. The molecule has 2 N–H and O–H groups in total. The summed E-state index contributed by atoms with van der Waals surface area (Å²) in [5.74, 6) is 0.450. The van der Waals surface area contributed by atoms with Crippen LogP contribution in [0.3, 0.4) is 0 Å². The van der Waals surface area contributed by atoms with E-state index in [1.54, 1.807) is 12.1 Å². The van der Waals surface area contributed by atoms with Crippen molar-refractivity contribution in [3.05, 3.63) is 33.8 Å². The highest BCUT2D eigenvalue weighted by atomic mass is 35.5. The third-order valence-corrected chi connectivity index (χ3v) is 4.02. The van der Waals surface area contributed by atoms with Gasteiger partial charge in [0.25, 0.3) is 0 Å². The van der Waals surface area contributed by atoms with Gasteiger partial charge >= 0.3 is 0 Å². The van der Waals surface area contributed by atoms with Crippen molar-refractivity contribution in [3.8, 4) is 0 Å². The molecule has 1 amide bonds. The Kier molecular flexibility index (Phi) is 5.08. The second-order valence-corrected chi connectivity index (χ2v) is 5.87. The van der Waals surface area contributed by atoms with Crippen LogP contribution in [0.25, 0.3) is 0 Å². The molecule has 0 atom stereocenters. The van der Waals surface area contributed by atoms with Gasteiger partial charge in [-0.2, -0.15) is 0 Å². The predicted octanol–water partition coefficient (Wildman–Crippen LogP) is 2.81. The van der Waals surface area contributed by atoms with Gasteiger partial charge in [0.15, 0.2) is 0 Å². The molecule has 1 saturated carbocycles. The average Bonchev–Trinajstić information content (AvgIpc) is 2.32. The molecule has 0 aromatic heterocycles. The number of amides is 1. The summed E-state index contributed by atoms with van der Waals surface area (Å²) in [6, 6.07) is 5.31. The van der Waals surface area contributed by atoms with Crippen LogP contribution in [0.1, 0.15) is 24.8 Å². The molecule has 5 heteroatoms. The summed E-state index contributed by atoms with van der Waals surface area (Å²) in [5, 5.41) is 13.2. The van der Waals surface area contributed by atoms with Crippen molar-refractivity contribution in [1.82, 2.24) is 5.32 Å². The zero-order chi connectivity index (χ0) is 13.8. The molecule has 1 aromatic rings. The maximum atomic E-state index is 11.7. The van der Waals surface area contributed by atoms with E-state index in [0.29, 0.717) is 35.3 Å². The van der Waals surface area contributed by atoms with Gasteiger partial charge in [0.1, 0.15) is 0 Å². The molecule has 1 aliphatic carbocycles. The molecule has 0 unspecified atom stereocenters. The predicted molar refractivity (Wildman–Crippen MR) is 76.5 cm³/mol. The van der Waals surface area contributed by atoms with Crippen LogP contribution in [0.4, 0.5) is 0 Å². The Morgan fingerprint density at radius 3 is 2.74 bits per heavy atom. The highest BCUT2D eigenvalue weighted by molar-refractivity contribution is 6.35. The van der Waals surface area contributed by atoms with Gasteiger partial charge in [-0.05, 0) is 42.9 Å². The molecule has 0 aliphatic heterocycles. The lowest BCUT2D eigenvalue weighted by atomic mass is 9.82. The second kappa shape index (κ2) is 6.60. The summed E-state index contributed by atoms with van der Waals surface area (Å²) in [4.78, 5) is 11.7. The van der Waals surface area contributed by atoms with Crippen LogP contribution in [0.2, 0.25) is 10.0 Å². The summed E-state index contributed by atoms with van der Waals surface area (Å²) in [5.41, 5.74) is 0.931. The van der Waals surface area contributed by atoms with Crippen LogP contribution in [-0.4, -0.2) is 23.7 Å². The third-order valence-electron chi connectivity index (χ3n) is 3.44. The number of carbonyl (C=O) groups excluding carboxylic acids is 1. The minimum Gasteiger partial charge on any atom is -0.393 e. The Hall–Kier alpha value is -0.770. The topological polar surface area (TPSA) is 49.3 Å². The Balaban J connectivity index is 1.71. The fourth-order valence-corrected chi connectivity index (χ4v) is 2.69. The largest absolute Gasteiger partial charge is 0.393 e. The average molecular weight is 302 g/mol. The Labute approximate surface area is 122 Å². The number of halogens is 2. The van der Waals surface area contributed by atoms with E-state index in [2.05, 4.69) is 5.32 Å². The standard InChI is InChI=1S/C14H17Cl2NO2/c15-11-3-1-10(13(16)7-11)2-4-14(19)17-8-9-5-12(18)6-9/h1,3,7,9,12,18H,2,4-6,8H2,(H,17,19). The van der Waals surface area contributed by atoms with Gasteiger partial charge < -0.3 is 10.4 Å². The zero-order valence-corrected chi connectivity index (χ0v) is 12.0. The summed E-state index contributed by atoms with van der Waals surface area (Å²) in [7, 11) is 0. The smallest absolute Gasteiger partial charge is 0.220 e. The minimum atomic E-state index is -0.172. The van der Waals surface area contributed by atoms with E-state index < -0.39 is 0 Å². The summed E-state index contributed by atoms with van der Waals surface area (Å²) < 4.78 is 0. The molecule has 2 rings (SSSR count). The highest BCUT2D eigenvalue weighted by Crippen LogP contribution is 2.26. The van der Waals surface area contributed by atoms with Crippen LogP contribution in [0, 0.1) is 5.92 Å². The lowest BCUT2D eigenvalue weighted by molar-refractivity contribution is -0.121.